The van der Waals surface area contributed by atoms with Gasteiger partial charge in [-0.05, 0) is 45.7 Å². The minimum Gasteiger partial charge on any atom is -0.492 e. The number of benzene rings is 1. The average Bonchev–Trinajstić information content (AvgIpc) is 2.51. The molecule has 1 aromatic rings. The standard InChI is InChI=1S/C18H25N3O3/c1-18(2,3)24-17(22)21-9-5-6-13(11-21)12-23-16-8-4-7-15(20)14(16)10-19/h4,7-8,13H,5-6,9,11-12,20H2,1-3H3/t13-/m0/s1. The van der Waals surface area contributed by atoms with E-state index in [1.165, 1.54) is 0 Å². The average molecular weight is 331 g/mol. The molecule has 1 aliphatic rings. The van der Waals surface area contributed by atoms with Gasteiger partial charge in [0.2, 0.25) is 0 Å². The second kappa shape index (κ2) is 7.43. The van der Waals surface area contributed by atoms with Crippen molar-refractivity contribution in [2.24, 2.45) is 5.92 Å². The van der Waals surface area contributed by atoms with Crippen molar-refractivity contribution in [1.29, 1.82) is 5.26 Å². The Balaban J connectivity index is 1.93. The third kappa shape index (κ3) is 4.79. The molecule has 2 rings (SSSR count). The molecule has 0 saturated carbocycles. The van der Waals surface area contributed by atoms with Crippen LogP contribution in [-0.2, 0) is 4.74 Å². The fraction of sp³-hybridized carbons (Fsp3) is 0.556. The van der Waals surface area contributed by atoms with Gasteiger partial charge in [0.1, 0.15) is 23.0 Å². The minimum atomic E-state index is -0.496. The fourth-order valence-corrected chi connectivity index (χ4v) is 2.69. The summed E-state index contributed by atoms with van der Waals surface area (Å²) in [6.07, 6.45) is 1.60. The van der Waals surface area contributed by atoms with Crippen LogP contribution >= 0.6 is 0 Å². The van der Waals surface area contributed by atoms with E-state index in [0.29, 0.717) is 36.7 Å². The first kappa shape index (κ1) is 17.9. The van der Waals surface area contributed by atoms with Crippen molar-refractivity contribution in [3.63, 3.8) is 0 Å². The van der Waals surface area contributed by atoms with E-state index in [1.54, 1.807) is 23.1 Å². The number of likely N-dealkylation sites (tertiary alicyclic amines) is 1. The van der Waals surface area contributed by atoms with E-state index >= 15 is 0 Å². The predicted molar refractivity (Wildman–Crippen MR) is 91.6 cm³/mol. The van der Waals surface area contributed by atoms with Gasteiger partial charge in [-0.2, -0.15) is 5.26 Å². The number of rotatable bonds is 3. The highest BCUT2D eigenvalue weighted by Crippen LogP contribution is 2.25. The topological polar surface area (TPSA) is 88.6 Å². The summed E-state index contributed by atoms with van der Waals surface area (Å²) >= 11 is 0. The summed E-state index contributed by atoms with van der Waals surface area (Å²) in [4.78, 5) is 13.9. The molecule has 1 aliphatic heterocycles. The molecule has 1 heterocycles. The summed E-state index contributed by atoms with van der Waals surface area (Å²) in [5.41, 5.74) is 6.06. The van der Waals surface area contributed by atoms with Crippen molar-refractivity contribution in [2.45, 2.75) is 39.2 Å². The van der Waals surface area contributed by atoms with Gasteiger partial charge in [0.25, 0.3) is 0 Å². The molecule has 0 bridgehead atoms. The van der Waals surface area contributed by atoms with Gasteiger partial charge in [-0.25, -0.2) is 4.79 Å². The molecule has 1 aromatic carbocycles. The monoisotopic (exact) mass is 331 g/mol. The number of nitrogens with zero attached hydrogens (tertiary/aromatic N) is 2. The normalized spacial score (nSPS) is 17.9. The number of hydrogen-bond donors (Lipinski definition) is 1. The van der Waals surface area contributed by atoms with Crippen molar-refractivity contribution in [2.75, 3.05) is 25.4 Å². The third-order valence-corrected chi connectivity index (χ3v) is 3.82. The Hall–Kier alpha value is -2.42. The lowest BCUT2D eigenvalue weighted by atomic mass is 9.99. The number of nitrogens with two attached hydrogens (primary N) is 1. The lowest BCUT2D eigenvalue weighted by Crippen LogP contribution is -2.44. The molecule has 0 radical (unpaired) electrons. The van der Waals surface area contributed by atoms with E-state index < -0.39 is 5.60 Å². The van der Waals surface area contributed by atoms with Crippen molar-refractivity contribution in [3.8, 4) is 11.8 Å². The van der Waals surface area contributed by atoms with Crippen LogP contribution in [0.3, 0.4) is 0 Å². The molecule has 1 amide bonds. The van der Waals surface area contributed by atoms with E-state index in [0.717, 1.165) is 12.8 Å². The van der Waals surface area contributed by atoms with Crippen LogP contribution in [-0.4, -0.2) is 36.3 Å². The van der Waals surface area contributed by atoms with Crippen LogP contribution in [0.15, 0.2) is 18.2 Å². The van der Waals surface area contributed by atoms with E-state index in [2.05, 4.69) is 6.07 Å². The van der Waals surface area contributed by atoms with Crippen molar-refractivity contribution in [1.82, 2.24) is 4.90 Å². The van der Waals surface area contributed by atoms with Crippen LogP contribution in [0.2, 0.25) is 0 Å². The molecule has 1 atom stereocenters. The zero-order valence-corrected chi connectivity index (χ0v) is 14.5. The number of ether oxygens (including phenoxy) is 2. The molecular formula is C18H25N3O3. The van der Waals surface area contributed by atoms with Crippen molar-refractivity contribution in [3.05, 3.63) is 23.8 Å². The third-order valence-electron chi connectivity index (χ3n) is 3.82. The van der Waals surface area contributed by atoms with Gasteiger partial charge in [0.15, 0.2) is 0 Å². The largest absolute Gasteiger partial charge is 0.492 e. The van der Waals surface area contributed by atoms with Crippen LogP contribution in [0.1, 0.15) is 39.2 Å². The fourth-order valence-electron chi connectivity index (χ4n) is 2.69. The molecule has 24 heavy (non-hydrogen) atoms. The number of hydrogen-bond acceptors (Lipinski definition) is 5. The van der Waals surface area contributed by atoms with Crippen molar-refractivity contribution >= 4 is 11.8 Å². The molecule has 0 aromatic heterocycles. The Kier molecular flexibility index (Phi) is 5.55. The van der Waals surface area contributed by atoms with E-state index in [9.17, 15) is 10.1 Å². The number of nitrogen functional groups attached to an aromatic ring is 1. The van der Waals surface area contributed by atoms with Gasteiger partial charge in [0.05, 0.1) is 12.3 Å². The predicted octanol–water partition coefficient (Wildman–Crippen LogP) is 3.17. The van der Waals surface area contributed by atoms with Crippen LogP contribution in [0, 0.1) is 17.2 Å². The SMILES string of the molecule is CC(C)(C)OC(=O)N1CCC[C@H](COc2cccc(N)c2C#N)C1. The summed E-state index contributed by atoms with van der Waals surface area (Å²) in [6.45, 7) is 7.32. The quantitative estimate of drug-likeness (QED) is 0.859. The van der Waals surface area contributed by atoms with Crippen LogP contribution < -0.4 is 10.5 Å². The number of piperidine rings is 1. The molecular weight excluding hydrogens is 306 g/mol. The van der Waals surface area contributed by atoms with Gasteiger partial charge in [-0.15, -0.1) is 0 Å². The van der Waals surface area contributed by atoms with Gasteiger partial charge in [-0.3, -0.25) is 0 Å². The summed E-state index contributed by atoms with van der Waals surface area (Å²) in [5.74, 6) is 0.700. The Bertz CT molecular complexity index is 631. The summed E-state index contributed by atoms with van der Waals surface area (Å²) < 4.78 is 11.2. The first-order valence-corrected chi connectivity index (χ1v) is 8.19. The maximum atomic E-state index is 12.2. The number of amides is 1. The molecule has 6 nitrogen and oxygen atoms in total. The molecule has 2 N–H and O–H groups in total. The van der Waals surface area contributed by atoms with Gasteiger partial charge >= 0.3 is 6.09 Å². The number of nitriles is 1. The Morgan fingerprint density at radius 3 is 2.88 bits per heavy atom. The lowest BCUT2D eigenvalue weighted by molar-refractivity contribution is 0.0139. The maximum Gasteiger partial charge on any atom is 0.410 e. The highest BCUT2D eigenvalue weighted by Gasteiger charge is 2.28. The first-order valence-electron chi connectivity index (χ1n) is 8.19. The number of carbonyl (C=O) groups excluding carboxylic acids is 1. The van der Waals surface area contributed by atoms with Gasteiger partial charge < -0.3 is 20.1 Å². The summed E-state index contributed by atoms with van der Waals surface area (Å²) in [6, 6.07) is 7.25. The molecule has 0 spiro atoms. The molecule has 1 fully saturated rings. The van der Waals surface area contributed by atoms with Crippen LogP contribution in [0.4, 0.5) is 10.5 Å². The summed E-state index contributed by atoms with van der Waals surface area (Å²) in [5, 5.41) is 9.18. The van der Waals surface area contributed by atoms with E-state index in [1.807, 2.05) is 20.8 Å². The molecule has 130 valence electrons. The van der Waals surface area contributed by atoms with Crippen molar-refractivity contribution < 1.29 is 14.3 Å². The highest BCUT2D eigenvalue weighted by atomic mass is 16.6. The van der Waals surface area contributed by atoms with Gasteiger partial charge in [-0.1, -0.05) is 6.07 Å². The van der Waals surface area contributed by atoms with Gasteiger partial charge in [0, 0.05) is 19.0 Å². The maximum absolute atomic E-state index is 12.2. The number of carbonyl (C=O) groups is 1. The second-order valence-electron chi connectivity index (χ2n) is 7.08. The van der Waals surface area contributed by atoms with E-state index in [-0.39, 0.29) is 12.0 Å². The Labute approximate surface area is 143 Å². The van der Waals surface area contributed by atoms with Crippen LogP contribution in [0.25, 0.3) is 0 Å². The van der Waals surface area contributed by atoms with E-state index in [4.69, 9.17) is 15.2 Å². The first-order chi connectivity index (χ1) is 11.3. The molecule has 6 heteroatoms. The smallest absolute Gasteiger partial charge is 0.410 e. The molecule has 0 aliphatic carbocycles. The lowest BCUT2D eigenvalue weighted by Gasteiger charge is -2.34. The molecule has 1 saturated heterocycles. The van der Waals surface area contributed by atoms with Crippen LogP contribution in [0.5, 0.6) is 5.75 Å². The number of anilines is 1. The zero-order chi connectivity index (χ0) is 17.7. The Morgan fingerprint density at radius 2 is 2.21 bits per heavy atom. The highest BCUT2D eigenvalue weighted by molar-refractivity contribution is 5.68. The zero-order valence-electron chi connectivity index (χ0n) is 14.5. The second-order valence-corrected chi connectivity index (χ2v) is 7.08. The summed E-state index contributed by atoms with van der Waals surface area (Å²) in [7, 11) is 0. The Morgan fingerprint density at radius 1 is 1.46 bits per heavy atom. The minimum absolute atomic E-state index is 0.208. The molecule has 0 unspecified atom stereocenters.